The molecule has 0 radical (unpaired) electrons. The van der Waals surface area contributed by atoms with E-state index in [0.717, 1.165) is 11.2 Å². The van der Waals surface area contributed by atoms with Gasteiger partial charge >= 0.3 is 0 Å². The molecule has 0 fully saturated rings. The van der Waals surface area contributed by atoms with Crippen molar-refractivity contribution < 1.29 is 9.53 Å². The standard InChI is InChI=1S/C24H24N4O2/c1-16(2)15-30-21-6-4-5-18(13-21)24(29)25-19-9-12-22-23(14-19)27-28(26-22)20-10-7-17(3)8-11-20/h4-14,16H,15H2,1-3H3,(H,25,29). The predicted octanol–water partition coefficient (Wildman–Crippen LogP) is 5.02. The molecule has 6 heteroatoms. The molecule has 0 aliphatic carbocycles. The molecule has 1 N–H and O–H groups in total. The second-order valence-electron chi connectivity index (χ2n) is 7.72. The maximum absolute atomic E-state index is 12.7. The molecule has 1 amide bonds. The van der Waals surface area contributed by atoms with Crippen LogP contribution in [0.1, 0.15) is 29.8 Å². The van der Waals surface area contributed by atoms with Crippen LogP contribution in [-0.2, 0) is 0 Å². The summed E-state index contributed by atoms with van der Waals surface area (Å²) in [5.74, 6) is 0.908. The molecule has 3 aromatic carbocycles. The number of anilines is 1. The number of aryl methyl sites for hydroxylation is 1. The number of hydrogen-bond acceptors (Lipinski definition) is 4. The summed E-state index contributed by atoms with van der Waals surface area (Å²) >= 11 is 0. The lowest BCUT2D eigenvalue weighted by molar-refractivity contribution is 0.102. The molecule has 152 valence electrons. The van der Waals surface area contributed by atoms with E-state index in [1.807, 2.05) is 61.5 Å². The van der Waals surface area contributed by atoms with Crippen LogP contribution in [0, 0.1) is 12.8 Å². The molecule has 6 nitrogen and oxygen atoms in total. The van der Waals surface area contributed by atoms with E-state index in [9.17, 15) is 4.79 Å². The van der Waals surface area contributed by atoms with Gasteiger partial charge in [-0.2, -0.15) is 4.80 Å². The van der Waals surface area contributed by atoms with Crippen molar-refractivity contribution in [1.29, 1.82) is 0 Å². The average Bonchev–Trinajstić information content (AvgIpc) is 3.16. The van der Waals surface area contributed by atoms with Crippen molar-refractivity contribution in [2.24, 2.45) is 5.92 Å². The fraction of sp³-hybridized carbons (Fsp3) is 0.208. The number of nitrogens with zero attached hydrogens (tertiary/aromatic N) is 3. The van der Waals surface area contributed by atoms with Gasteiger partial charge in [-0.3, -0.25) is 4.79 Å². The maximum Gasteiger partial charge on any atom is 0.255 e. The lowest BCUT2D eigenvalue weighted by Gasteiger charge is -2.10. The Labute approximate surface area is 175 Å². The quantitative estimate of drug-likeness (QED) is 0.494. The van der Waals surface area contributed by atoms with E-state index in [2.05, 4.69) is 29.4 Å². The van der Waals surface area contributed by atoms with E-state index < -0.39 is 0 Å². The van der Waals surface area contributed by atoms with Gasteiger partial charge < -0.3 is 10.1 Å². The molecule has 0 bridgehead atoms. The summed E-state index contributed by atoms with van der Waals surface area (Å²) in [5.41, 5.74) is 4.75. The Morgan fingerprint density at radius 3 is 2.53 bits per heavy atom. The van der Waals surface area contributed by atoms with Gasteiger partial charge in [-0.15, -0.1) is 10.2 Å². The first-order valence-electron chi connectivity index (χ1n) is 9.96. The Kier molecular flexibility index (Phi) is 5.48. The van der Waals surface area contributed by atoms with Gasteiger partial charge in [-0.1, -0.05) is 37.6 Å². The number of aromatic nitrogens is 3. The first-order chi connectivity index (χ1) is 14.5. The van der Waals surface area contributed by atoms with Crippen LogP contribution in [0.2, 0.25) is 0 Å². The Morgan fingerprint density at radius 2 is 1.77 bits per heavy atom. The maximum atomic E-state index is 12.7. The minimum Gasteiger partial charge on any atom is -0.493 e. The molecule has 0 unspecified atom stereocenters. The predicted molar refractivity (Wildman–Crippen MR) is 118 cm³/mol. The van der Waals surface area contributed by atoms with Crippen LogP contribution in [0.4, 0.5) is 5.69 Å². The number of fused-ring (bicyclic) bond motifs is 1. The van der Waals surface area contributed by atoms with Crippen LogP contribution in [0.3, 0.4) is 0 Å². The summed E-state index contributed by atoms with van der Waals surface area (Å²) in [6.07, 6.45) is 0. The Hall–Kier alpha value is -3.67. The highest BCUT2D eigenvalue weighted by atomic mass is 16.5. The van der Waals surface area contributed by atoms with Gasteiger partial charge in [0.2, 0.25) is 0 Å². The van der Waals surface area contributed by atoms with Gasteiger partial charge in [0.05, 0.1) is 12.3 Å². The van der Waals surface area contributed by atoms with E-state index in [0.29, 0.717) is 35.0 Å². The number of hydrogen-bond donors (Lipinski definition) is 1. The molecule has 0 aliphatic heterocycles. The summed E-state index contributed by atoms with van der Waals surface area (Å²) in [4.78, 5) is 14.3. The van der Waals surface area contributed by atoms with Crippen molar-refractivity contribution in [3.63, 3.8) is 0 Å². The van der Waals surface area contributed by atoms with Crippen LogP contribution < -0.4 is 10.1 Å². The second-order valence-corrected chi connectivity index (χ2v) is 7.72. The van der Waals surface area contributed by atoms with Crippen molar-refractivity contribution in [3.05, 3.63) is 77.9 Å². The normalized spacial score (nSPS) is 11.1. The number of amides is 1. The highest BCUT2D eigenvalue weighted by Gasteiger charge is 2.10. The summed E-state index contributed by atoms with van der Waals surface area (Å²) in [5, 5.41) is 12.0. The van der Waals surface area contributed by atoms with Gasteiger partial charge in [-0.05, 0) is 61.4 Å². The van der Waals surface area contributed by atoms with E-state index in [4.69, 9.17) is 4.74 Å². The molecule has 0 spiro atoms. The number of nitrogens with one attached hydrogen (secondary N) is 1. The average molecular weight is 400 g/mol. The fourth-order valence-electron chi connectivity index (χ4n) is 2.98. The number of ether oxygens (including phenoxy) is 1. The van der Waals surface area contributed by atoms with Crippen LogP contribution in [0.5, 0.6) is 5.75 Å². The summed E-state index contributed by atoms with van der Waals surface area (Å²) in [7, 11) is 0. The summed E-state index contributed by atoms with van der Waals surface area (Å²) < 4.78 is 5.72. The van der Waals surface area contributed by atoms with Crippen LogP contribution >= 0.6 is 0 Å². The first kappa shape index (κ1) is 19.6. The molecule has 0 aliphatic rings. The summed E-state index contributed by atoms with van der Waals surface area (Å²) in [6.45, 7) is 6.82. The largest absolute Gasteiger partial charge is 0.493 e. The van der Waals surface area contributed by atoms with E-state index >= 15 is 0 Å². The fourth-order valence-corrected chi connectivity index (χ4v) is 2.98. The Morgan fingerprint density at radius 1 is 1.00 bits per heavy atom. The third kappa shape index (κ3) is 4.49. The third-order valence-corrected chi connectivity index (χ3v) is 4.58. The molecule has 1 heterocycles. The number of rotatable bonds is 6. The van der Waals surface area contributed by atoms with E-state index in [1.54, 1.807) is 16.9 Å². The molecule has 0 saturated heterocycles. The minimum atomic E-state index is -0.199. The molecule has 1 aromatic heterocycles. The van der Waals surface area contributed by atoms with E-state index in [1.165, 1.54) is 5.56 Å². The van der Waals surface area contributed by atoms with Gasteiger partial charge in [0.25, 0.3) is 5.91 Å². The SMILES string of the molecule is Cc1ccc(-n2nc3ccc(NC(=O)c4cccc(OCC(C)C)c4)cc3n2)cc1. The third-order valence-electron chi connectivity index (χ3n) is 4.58. The minimum absolute atomic E-state index is 0.199. The molecule has 4 aromatic rings. The van der Waals surface area contributed by atoms with E-state index in [-0.39, 0.29) is 5.91 Å². The smallest absolute Gasteiger partial charge is 0.255 e. The van der Waals surface area contributed by atoms with Crippen molar-refractivity contribution >= 4 is 22.6 Å². The lowest BCUT2D eigenvalue weighted by atomic mass is 10.2. The zero-order valence-corrected chi connectivity index (χ0v) is 17.3. The molecule has 30 heavy (non-hydrogen) atoms. The van der Waals surface area contributed by atoms with Crippen molar-refractivity contribution in [1.82, 2.24) is 15.0 Å². The van der Waals surface area contributed by atoms with Crippen LogP contribution in [0.25, 0.3) is 16.7 Å². The molecule has 4 rings (SSSR count). The van der Waals surface area contributed by atoms with Gasteiger partial charge in [0, 0.05) is 11.3 Å². The van der Waals surface area contributed by atoms with Gasteiger partial charge in [0.1, 0.15) is 16.8 Å². The topological polar surface area (TPSA) is 69.0 Å². The van der Waals surface area contributed by atoms with Crippen molar-refractivity contribution in [2.45, 2.75) is 20.8 Å². The molecular weight excluding hydrogens is 376 g/mol. The van der Waals surface area contributed by atoms with Gasteiger partial charge in [-0.25, -0.2) is 0 Å². The zero-order chi connectivity index (χ0) is 21.1. The first-order valence-corrected chi connectivity index (χ1v) is 9.96. The highest BCUT2D eigenvalue weighted by Crippen LogP contribution is 2.20. The Bertz CT molecular complexity index is 1180. The zero-order valence-electron chi connectivity index (χ0n) is 17.3. The second kappa shape index (κ2) is 8.37. The Balaban J connectivity index is 1.52. The monoisotopic (exact) mass is 400 g/mol. The highest BCUT2D eigenvalue weighted by molar-refractivity contribution is 6.05. The molecule has 0 atom stereocenters. The molecule has 0 saturated carbocycles. The number of benzene rings is 3. The summed E-state index contributed by atoms with van der Waals surface area (Å²) in [6, 6.07) is 20.7. The van der Waals surface area contributed by atoms with Crippen molar-refractivity contribution in [2.75, 3.05) is 11.9 Å². The van der Waals surface area contributed by atoms with Crippen LogP contribution in [-0.4, -0.2) is 27.5 Å². The van der Waals surface area contributed by atoms with Crippen molar-refractivity contribution in [3.8, 4) is 11.4 Å². The van der Waals surface area contributed by atoms with Gasteiger partial charge in [0.15, 0.2) is 0 Å². The number of carbonyl (C=O) groups excluding carboxylic acids is 1. The van der Waals surface area contributed by atoms with Crippen LogP contribution in [0.15, 0.2) is 66.7 Å². The number of carbonyl (C=O) groups is 1. The molecular formula is C24H24N4O2. The lowest BCUT2D eigenvalue weighted by Crippen LogP contribution is -2.12.